The average Bonchev–Trinajstić information content (AvgIpc) is 2.50. The van der Waals surface area contributed by atoms with Crippen LogP contribution in [0.1, 0.15) is 21.5 Å². The molecular formula is C16H16ClNO4S. The molecule has 2 rings (SSSR count). The molecule has 0 fully saturated rings. The van der Waals surface area contributed by atoms with Gasteiger partial charge in [0.2, 0.25) is 0 Å². The lowest BCUT2D eigenvalue weighted by atomic mass is 10.2. The molecule has 1 N–H and O–H groups in total. The number of ether oxygens (including phenoxy) is 1. The van der Waals surface area contributed by atoms with Crippen LogP contribution in [0.4, 0.5) is 5.69 Å². The number of carbonyl (C=O) groups is 1. The molecule has 0 aliphatic heterocycles. The fourth-order valence-corrected chi connectivity index (χ4v) is 3.71. The molecule has 122 valence electrons. The molecule has 7 heteroatoms. The van der Waals surface area contributed by atoms with E-state index in [1.165, 1.54) is 25.3 Å². The highest BCUT2D eigenvalue weighted by Crippen LogP contribution is 2.26. The van der Waals surface area contributed by atoms with Crippen LogP contribution < -0.4 is 4.72 Å². The van der Waals surface area contributed by atoms with Gasteiger partial charge in [-0.1, -0.05) is 23.7 Å². The fraction of sp³-hybridized carbons (Fsp3) is 0.188. The van der Waals surface area contributed by atoms with Crippen molar-refractivity contribution in [3.8, 4) is 0 Å². The zero-order chi connectivity index (χ0) is 17.2. The molecule has 0 saturated heterocycles. The van der Waals surface area contributed by atoms with E-state index in [-0.39, 0.29) is 16.1 Å². The van der Waals surface area contributed by atoms with Crippen LogP contribution in [-0.4, -0.2) is 21.5 Å². The average molecular weight is 354 g/mol. The van der Waals surface area contributed by atoms with E-state index in [0.29, 0.717) is 16.1 Å². The first-order valence-corrected chi connectivity index (χ1v) is 8.59. The zero-order valence-corrected chi connectivity index (χ0v) is 14.5. The summed E-state index contributed by atoms with van der Waals surface area (Å²) in [5.74, 6) is -0.618. The van der Waals surface area contributed by atoms with E-state index >= 15 is 0 Å². The van der Waals surface area contributed by atoms with Gasteiger partial charge >= 0.3 is 5.97 Å². The topological polar surface area (TPSA) is 72.5 Å². The molecule has 0 radical (unpaired) electrons. The second-order valence-electron chi connectivity index (χ2n) is 5.01. The number of halogens is 1. The number of para-hydroxylation sites is 1. The van der Waals surface area contributed by atoms with Crippen molar-refractivity contribution in [2.45, 2.75) is 18.7 Å². The van der Waals surface area contributed by atoms with Crippen molar-refractivity contribution < 1.29 is 17.9 Å². The summed E-state index contributed by atoms with van der Waals surface area (Å²) in [4.78, 5) is 11.9. The SMILES string of the molecule is COC(=O)c1ccccc1NS(=O)(=O)c1cc(C)c(Cl)cc1C. The number of esters is 1. The van der Waals surface area contributed by atoms with Crippen molar-refractivity contribution >= 4 is 33.3 Å². The highest BCUT2D eigenvalue weighted by Gasteiger charge is 2.21. The largest absolute Gasteiger partial charge is 0.465 e. The fourth-order valence-electron chi connectivity index (χ4n) is 2.10. The van der Waals surface area contributed by atoms with E-state index in [2.05, 4.69) is 9.46 Å². The van der Waals surface area contributed by atoms with Gasteiger partial charge in [0, 0.05) is 5.02 Å². The van der Waals surface area contributed by atoms with E-state index in [9.17, 15) is 13.2 Å². The van der Waals surface area contributed by atoms with Crippen LogP contribution in [0.25, 0.3) is 0 Å². The summed E-state index contributed by atoms with van der Waals surface area (Å²) in [5, 5.41) is 0.497. The summed E-state index contributed by atoms with van der Waals surface area (Å²) in [6, 6.07) is 9.34. The monoisotopic (exact) mass is 353 g/mol. The van der Waals surface area contributed by atoms with Gasteiger partial charge in [0.25, 0.3) is 10.0 Å². The molecule has 0 unspecified atom stereocenters. The van der Waals surface area contributed by atoms with Crippen molar-refractivity contribution in [3.05, 3.63) is 58.1 Å². The molecule has 0 heterocycles. The summed E-state index contributed by atoms with van der Waals surface area (Å²) in [5.41, 5.74) is 1.47. The molecule has 0 saturated carbocycles. The van der Waals surface area contributed by atoms with Gasteiger partial charge < -0.3 is 4.74 Å². The number of nitrogens with one attached hydrogen (secondary N) is 1. The number of hydrogen-bond acceptors (Lipinski definition) is 4. The van der Waals surface area contributed by atoms with Gasteiger partial charge in [-0.25, -0.2) is 13.2 Å². The number of anilines is 1. The molecule has 23 heavy (non-hydrogen) atoms. The van der Waals surface area contributed by atoms with Crippen LogP contribution in [0.3, 0.4) is 0 Å². The maximum atomic E-state index is 12.6. The highest BCUT2D eigenvalue weighted by molar-refractivity contribution is 7.92. The Bertz CT molecular complexity index is 862. The Kier molecular flexibility index (Phi) is 4.97. The molecule has 0 atom stereocenters. The summed E-state index contributed by atoms with van der Waals surface area (Å²) < 4.78 is 32.4. The minimum Gasteiger partial charge on any atom is -0.465 e. The van der Waals surface area contributed by atoms with E-state index in [4.69, 9.17) is 11.6 Å². The Balaban J connectivity index is 2.48. The van der Waals surface area contributed by atoms with Crippen LogP contribution in [0.15, 0.2) is 41.3 Å². The van der Waals surface area contributed by atoms with Crippen LogP contribution in [0.2, 0.25) is 5.02 Å². The summed E-state index contributed by atoms with van der Waals surface area (Å²) in [7, 11) is -2.63. The molecule has 0 spiro atoms. The molecule has 0 amide bonds. The number of sulfonamides is 1. The van der Waals surface area contributed by atoms with Crippen molar-refractivity contribution in [1.82, 2.24) is 0 Å². The smallest absolute Gasteiger partial charge is 0.339 e. The third-order valence-corrected chi connectivity index (χ3v) is 5.24. The lowest BCUT2D eigenvalue weighted by Gasteiger charge is -2.14. The van der Waals surface area contributed by atoms with Gasteiger partial charge in [-0.15, -0.1) is 0 Å². The Labute approximate surface area is 140 Å². The molecule has 0 aliphatic carbocycles. The van der Waals surface area contributed by atoms with Crippen molar-refractivity contribution in [2.24, 2.45) is 0 Å². The number of methoxy groups -OCH3 is 1. The number of carbonyl (C=O) groups excluding carboxylic acids is 1. The van der Waals surface area contributed by atoms with Gasteiger partial charge in [0.1, 0.15) is 0 Å². The standard InChI is InChI=1S/C16H16ClNO4S/c1-10-9-15(11(2)8-13(10)17)23(20,21)18-14-7-5-4-6-12(14)16(19)22-3/h4-9,18H,1-3H3. The zero-order valence-electron chi connectivity index (χ0n) is 12.9. The van der Waals surface area contributed by atoms with Crippen LogP contribution in [-0.2, 0) is 14.8 Å². The van der Waals surface area contributed by atoms with Gasteiger partial charge in [0.05, 0.1) is 23.3 Å². The van der Waals surface area contributed by atoms with Gasteiger partial charge in [-0.2, -0.15) is 0 Å². The molecule has 0 aromatic heterocycles. The Morgan fingerprint density at radius 3 is 2.43 bits per heavy atom. The van der Waals surface area contributed by atoms with Gasteiger partial charge in [0.15, 0.2) is 0 Å². The van der Waals surface area contributed by atoms with Crippen LogP contribution in [0.5, 0.6) is 0 Å². The van der Waals surface area contributed by atoms with Gasteiger partial charge in [-0.05, 0) is 49.2 Å². The third-order valence-electron chi connectivity index (χ3n) is 3.32. The van der Waals surface area contributed by atoms with Crippen molar-refractivity contribution in [1.29, 1.82) is 0 Å². The summed E-state index contributed by atoms with van der Waals surface area (Å²) in [6.07, 6.45) is 0. The molecule has 0 bridgehead atoms. The molecule has 2 aromatic carbocycles. The Hall–Kier alpha value is -2.05. The van der Waals surface area contributed by atoms with E-state index < -0.39 is 16.0 Å². The normalized spacial score (nSPS) is 11.1. The van der Waals surface area contributed by atoms with Crippen LogP contribution in [0, 0.1) is 13.8 Å². The van der Waals surface area contributed by atoms with Crippen molar-refractivity contribution in [2.75, 3.05) is 11.8 Å². The Morgan fingerprint density at radius 1 is 1.13 bits per heavy atom. The number of rotatable bonds is 4. The maximum absolute atomic E-state index is 12.6. The first-order chi connectivity index (χ1) is 10.8. The molecule has 5 nitrogen and oxygen atoms in total. The highest BCUT2D eigenvalue weighted by atomic mass is 35.5. The molecule has 2 aromatic rings. The van der Waals surface area contributed by atoms with Crippen LogP contribution >= 0.6 is 11.6 Å². The first-order valence-electron chi connectivity index (χ1n) is 6.73. The number of benzene rings is 2. The molecular weight excluding hydrogens is 338 g/mol. The van der Waals surface area contributed by atoms with E-state index in [1.54, 1.807) is 32.0 Å². The lowest BCUT2D eigenvalue weighted by Crippen LogP contribution is -2.17. The Morgan fingerprint density at radius 2 is 1.78 bits per heavy atom. The molecule has 0 aliphatic rings. The van der Waals surface area contributed by atoms with Crippen molar-refractivity contribution in [3.63, 3.8) is 0 Å². The predicted molar refractivity (Wildman–Crippen MR) is 89.5 cm³/mol. The summed E-state index contributed by atoms with van der Waals surface area (Å²) in [6.45, 7) is 3.38. The first kappa shape index (κ1) is 17.3. The second-order valence-corrected chi connectivity index (χ2v) is 7.07. The lowest BCUT2D eigenvalue weighted by molar-refractivity contribution is 0.0602. The predicted octanol–water partition coefficient (Wildman–Crippen LogP) is 3.54. The number of aryl methyl sites for hydroxylation is 2. The number of hydrogen-bond donors (Lipinski definition) is 1. The quantitative estimate of drug-likeness (QED) is 0.853. The minimum absolute atomic E-state index is 0.110. The second kappa shape index (κ2) is 6.60. The van der Waals surface area contributed by atoms with E-state index in [1.807, 2.05) is 0 Å². The third kappa shape index (κ3) is 3.65. The maximum Gasteiger partial charge on any atom is 0.339 e. The summed E-state index contributed by atoms with van der Waals surface area (Å²) >= 11 is 6.01. The van der Waals surface area contributed by atoms with E-state index in [0.717, 1.165) is 0 Å². The van der Waals surface area contributed by atoms with Gasteiger partial charge in [-0.3, -0.25) is 4.72 Å². The minimum atomic E-state index is -3.86.